The van der Waals surface area contributed by atoms with Gasteiger partial charge in [0.15, 0.2) is 0 Å². The van der Waals surface area contributed by atoms with E-state index in [1.807, 2.05) is 13.8 Å². The first kappa shape index (κ1) is 22.3. The van der Waals surface area contributed by atoms with Crippen LogP contribution in [-0.4, -0.2) is 29.6 Å². The predicted molar refractivity (Wildman–Crippen MR) is 108 cm³/mol. The van der Waals surface area contributed by atoms with Gasteiger partial charge in [-0.05, 0) is 48.6 Å². The van der Waals surface area contributed by atoms with Gasteiger partial charge < -0.3 is 14.6 Å². The van der Waals surface area contributed by atoms with E-state index < -0.39 is 23.5 Å². The van der Waals surface area contributed by atoms with Gasteiger partial charge in [0.2, 0.25) is 0 Å². The molecule has 0 saturated carbocycles. The first-order chi connectivity index (χ1) is 13.7. The summed E-state index contributed by atoms with van der Waals surface area (Å²) in [5.74, 6) is -1.76. The molecular weight excluding hydrogens is 375 g/mol. The van der Waals surface area contributed by atoms with Gasteiger partial charge >= 0.3 is 5.97 Å². The highest BCUT2D eigenvalue weighted by atomic mass is 19.1. The van der Waals surface area contributed by atoms with E-state index in [1.54, 1.807) is 32.0 Å². The van der Waals surface area contributed by atoms with E-state index in [0.717, 1.165) is 16.8 Å². The Hall–Kier alpha value is -2.96. The largest absolute Gasteiger partial charge is 0.467 e. The van der Waals surface area contributed by atoms with Gasteiger partial charge in [-0.15, -0.1) is 0 Å². The second-order valence-electron chi connectivity index (χ2n) is 7.28. The number of aromatic nitrogens is 1. The van der Waals surface area contributed by atoms with Gasteiger partial charge in [0, 0.05) is 5.69 Å². The Balaban J connectivity index is 2.46. The lowest BCUT2D eigenvalue weighted by atomic mass is 10.0. The number of nitrogens with zero attached hydrogens (tertiary/aromatic N) is 1. The van der Waals surface area contributed by atoms with Crippen LogP contribution in [0.4, 0.5) is 4.39 Å². The number of carbonyl (C=O) groups excluding carboxylic acids is 2. The lowest BCUT2D eigenvalue weighted by Gasteiger charge is -2.21. The van der Waals surface area contributed by atoms with Crippen LogP contribution in [0.2, 0.25) is 0 Å². The first-order valence-corrected chi connectivity index (χ1v) is 9.56. The molecule has 6 nitrogen and oxygen atoms in total. The zero-order valence-corrected chi connectivity index (χ0v) is 17.4. The van der Waals surface area contributed by atoms with E-state index in [2.05, 4.69) is 5.32 Å². The second kappa shape index (κ2) is 9.49. The molecule has 1 amide bonds. The lowest BCUT2D eigenvalue weighted by molar-refractivity contribution is -0.144. The quantitative estimate of drug-likeness (QED) is 0.723. The molecule has 0 aliphatic carbocycles. The van der Waals surface area contributed by atoms with Crippen molar-refractivity contribution in [2.45, 2.75) is 46.7 Å². The highest BCUT2D eigenvalue weighted by Gasteiger charge is 2.27. The molecule has 0 bridgehead atoms. The third-order valence-electron chi connectivity index (χ3n) is 4.86. The van der Waals surface area contributed by atoms with Crippen molar-refractivity contribution in [1.29, 1.82) is 0 Å². The molecule has 29 heavy (non-hydrogen) atoms. The SMILES string of the molecule is CCc1c(C)cc(C(=O)NC(C(=O)OC)C(C)C)c(=O)n1Cc1ccc(F)cc1. The van der Waals surface area contributed by atoms with Gasteiger partial charge in [-0.2, -0.15) is 0 Å². The summed E-state index contributed by atoms with van der Waals surface area (Å²) < 4.78 is 19.5. The molecule has 7 heteroatoms. The molecule has 1 heterocycles. The number of methoxy groups -OCH3 is 1. The average molecular weight is 402 g/mol. The smallest absolute Gasteiger partial charge is 0.328 e. The van der Waals surface area contributed by atoms with E-state index in [1.165, 1.54) is 23.8 Å². The topological polar surface area (TPSA) is 77.4 Å². The summed E-state index contributed by atoms with van der Waals surface area (Å²) in [5, 5.41) is 2.61. The molecule has 2 rings (SSSR count). The van der Waals surface area contributed by atoms with Crippen molar-refractivity contribution in [2.75, 3.05) is 7.11 Å². The molecule has 1 aromatic heterocycles. The maximum atomic E-state index is 13.2. The first-order valence-electron chi connectivity index (χ1n) is 9.56. The monoisotopic (exact) mass is 402 g/mol. The van der Waals surface area contributed by atoms with E-state index >= 15 is 0 Å². The summed E-state index contributed by atoms with van der Waals surface area (Å²) in [4.78, 5) is 37.9. The van der Waals surface area contributed by atoms with E-state index in [-0.39, 0.29) is 23.8 Å². The predicted octanol–water partition coefficient (Wildman–Crippen LogP) is 2.83. The lowest BCUT2D eigenvalue weighted by Crippen LogP contribution is -2.47. The molecule has 2 aromatic rings. The van der Waals surface area contributed by atoms with E-state index in [9.17, 15) is 18.8 Å². The van der Waals surface area contributed by atoms with Crippen LogP contribution in [0.3, 0.4) is 0 Å². The van der Waals surface area contributed by atoms with Crippen molar-refractivity contribution in [1.82, 2.24) is 9.88 Å². The molecule has 0 aliphatic heterocycles. The number of halogens is 1. The Labute approximate surface area is 169 Å². The summed E-state index contributed by atoms with van der Waals surface area (Å²) in [7, 11) is 1.25. The number of aryl methyl sites for hydroxylation is 1. The number of hydrogen-bond donors (Lipinski definition) is 1. The molecular formula is C22H27FN2O4. The van der Waals surface area contributed by atoms with Crippen molar-refractivity contribution >= 4 is 11.9 Å². The molecule has 1 atom stereocenters. The molecule has 0 spiro atoms. The van der Waals surface area contributed by atoms with Crippen molar-refractivity contribution in [3.63, 3.8) is 0 Å². The van der Waals surface area contributed by atoms with Crippen LogP contribution in [0.15, 0.2) is 35.1 Å². The van der Waals surface area contributed by atoms with Crippen molar-refractivity contribution in [3.8, 4) is 0 Å². The Morgan fingerprint density at radius 1 is 1.21 bits per heavy atom. The minimum Gasteiger partial charge on any atom is -0.467 e. The second-order valence-corrected chi connectivity index (χ2v) is 7.28. The Kier molecular flexibility index (Phi) is 7.31. The van der Waals surface area contributed by atoms with Crippen LogP contribution in [0, 0.1) is 18.7 Å². The van der Waals surface area contributed by atoms with Gasteiger partial charge in [-0.3, -0.25) is 9.59 Å². The normalized spacial score (nSPS) is 12.0. The Morgan fingerprint density at radius 2 is 1.83 bits per heavy atom. The van der Waals surface area contributed by atoms with Crippen LogP contribution >= 0.6 is 0 Å². The molecule has 1 aromatic carbocycles. The van der Waals surface area contributed by atoms with Gasteiger partial charge in [-0.1, -0.05) is 32.9 Å². The molecule has 1 unspecified atom stereocenters. The van der Waals surface area contributed by atoms with Gasteiger partial charge in [0.25, 0.3) is 11.5 Å². The number of rotatable bonds is 7. The van der Waals surface area contributed by atoms with E-state index in [0.29, 0.717) is 6.42 Å². The molecule has 1 N–H and O–H groups in total. The number of amides is 1. The molecule has 0 radical (unpaired) electrons. The summed E-state index contributed by atoms with van der Waals surface area (Å²) in [6.45, 7) is 7.53. The molecule has 156 valence electrons. The fourth-order valence-electron chi connectivity index (χ4n) is 3.26. The fraction of sp³-hybridized carbons (Fsp3) is 0.409. The summed E-state index contributed by atoms with van der Waals surface area (Å²) in [6, 6.07) is 6.57. The van der Waals surface area contributed by atoms with Crippen molar-refractivity contribution in [3.05, 3.63) is 68.9 Å². The summed E-state index contributed by atoms with van der Waals surface area (Å²) in [6.07, 6.45) is 0.598. The molecule has 0 saturated heterocycles. The number of pyridine rings is 1. The molecule has 0 aliphatic rings. The number of esters is 1. The van der Waals surface area contributed by atoms with Crippen LogP contribution in [0.5, 0.6) is 0 Å². The van der Waals surface area contributed by atoms with Gasteiger partial charge in [-0.25, -0.2) is 9.18 Å². The Bertz CT molecular complexity index is 949. The fourth-order valence-corrected chi connectivity index (χ4v) is 3.26. The van der Waals surface area contributed by atoms with Gasteiger partial charge in [0.05, 0.1) is 13.7 Å². The molecule has 0 fully saturated rings. The third-order valence-corrected chi connectivity index (χ3v) is 4.86. The maximum absolute atomic E-state index is 13.2. The standard InChI is InChI=1S/C22H27FN2O4/c1-6-18-14(4)11-17(20(26)24-19(13(2)3)22(28)29-5)21(27)25(18)12-15-7-9-16(23)10-8-15/h7-11,13,19H,6,12H2,1-5H3,(H,24,26). The average Bonchev–Trinajstić information content (AvgIpc) is 2.69. The number of carbonyl (C=O) groups is 2. The number of benzene rings is 1. The highest BCUT2D eigenvalue weighted by molar-refractivity contribution is 5.96. The Morgan fingerprint density at radius 3 is 2.34 bits per heavy atom. The minimum absolute atomic E-state index is 0.0450. The number of ether oxygens (including phenoxy) is 1. The van der Waals surface area contributed by atoms with Crippen LogP contribution in [0.1, 0.15) is 48.0 Å². The number of nitrogens with one attached hydrogen (secondary N) is 1. The van der Waals surface area contributed by atoms with Crippen LogP contribution in [0.25, 0.3) is 0 Å². The van der Waals surface area contributed by atoms with Crippen LogP contribution in [-0.2, 0) is 22.5 Å². The van der Waals surface area contributed by atoms with Crippen molar-refractivity contribution < 1.29 is 18.7 Å². The van der Waals surface area contributed by atoms with Gasteiger partial charge in [0.1, 0.15) is 17.4 Å². The van der Waals surface area contributed by atoms with E-state index in [4.69, 9.17) is 4.74 Å². The summed E-state index contributed by atoms with van der Waals surface area (Å²) in [5.41, 5.74) is 1.83. The third kappa shape index (κ3) is 5.10. The highest BCUT2D eigenvalue weighted by Crippen LogP contribution is 2.13. The zero-order chi connectivity index (χ0) is 21.7. The summed E-state index contributed by atoms with van der Waals surface area (Å²) >= 11 is 0. The zero-order valence-electron chi connectivity index (χ0n) is 17.4. The van der Waals surface area contributed by atoms with Crippen LogP contribution < -0.4 is 10.9 Å². The minimum atomic E-state index is -0.858. The maximum Gasteiger partial charge on any atom is 0.328 e. The number of hydrogen-bond acceptors (Lipinski definition) is 4. The van der Waals surface area contributed by atoms with Crippen molar-refractivity contribution in [2.24, 2.45) is 5.92 Å².